The summed E-state index contributed by atoms with van der Waals surface area (Å²) < 4.78 is 18.0. The molecule has 0 aliphatic carbocycles. The Morgan fingerprint density at radius 2 is 1.93 bits per heavy atom. The van der Waals surface area contributed by atoms with Crippen molar-refractivity contribution in [1.29, 1.82) is 0 Å². The van der Waals surface area contributed by atoms with Crippen molar-refractivity contribution < 1.29 is 14.2 Å². The van der Waals surface area contributed by atoms with E-state index in [9.17, 15) is 9.50 Å². The van der Waals surface area contributed by atoms with Crippen molar-refractivity contribution in [3.05, 3.63) is 35.6 Å². The van der Waals surface area contributed by atoms with Crippen molar-refractivity contribution in [3.63, 3.8) is 0 Å². The lowest BCUT2D eigenvalue weighted by Crippen LogP contribution is -2.21. The van der Waals surface area contributed by atoms with Crippen LogP contribution in [0.3, 0.4) is 0 Å². The first-order chi connectivity index (χ1) is 6.75. The van der Waals surface area contributed by atoms with Gasteiger partial charge in [-0.05, 0) is 37.0 Å². The molecule has 1 N–H and O–H groups in total. The number of benzene rings is 1. The SMILES string of the molecule is OC1CCCC(c2ccc(F)cc2)O1. The van der Waals surface area contributed by atoms with Crippen LogP contribution in [0.4, 0.5) is 4.39 Å². The van der Waals surface area contributed by atoms with Gasteiger partial charge in [0.2, 0.25) is 0 Å². The van der Waals surface area contributed by atoms with Crippen molar-refractivity contribution in [1.82, 2.24) is 0 Å². The normalized spacial score (nSPS) is 27.6. The summed E-state index contributed by atoms with van der Waals surface area (Å²) >= 11 is 0. The largest absolute Gasteiger partial charge is 0.368 e. The molecule has 1 fully saturated rings. The molecule has 1 aromatic carbocycles. The number of aliphatic hydroxyl groups is 1. The van der Waals surface area contributed by atoms with Gasteiger partial charge < -0.3 is 9.84 Å². The maximum Gasteiger partial charge on any atom is 0.155 e. The van der Waals surface area contributed by atoms with Gasteiger partial charge in [0.05, 0.1) is 6.10 Å². The standard InChI is InChI=1S/C11H13FO2/c12-9-6-4-8(5-7-9)10-2-1-3-11(13)14-10/h4-7,10-11,13H,1-3H2. The van der Waals surface area contributed by atoms with Gasteiger partial charge in [-0.3, -0.25) is 0 Å². The van der Waals surface area contributed by atoms with E-state index in [1.807, 2.05) is 0 Å². The molecule has 0 bridgehead atoms. The third kappa shape index (κ3) is 2.11. The third-order valence-electron chi connectivity index (χ3n) is 2.48. The van der Waals surface area contributed by atoms with Crippen LogP contribution in [0.5, 0.6) is 0 Å². The Morgan fingerprint density at radius 1 is 1.21 bits per heavy atom. The van der Waals surface area contributed by atoms with Crippen LogP contribution in [0, 0.1) is 5.82 Å². The molecular weight excluding hydrogens is 183 g/mol. The predicted molar refractivity (Wildman–Crippen MR) is 50.1 cm³/mol. The molecule has 0 amide bonds. The van der Waals surface area contributed by atoms with Crippen LogP contribution in [-0.2, 0) is 4.74 Å². The summed E-state index contributed by atoms with van der Waals surface area (Å²) in [5.41, 5.74) is 0.935. The summed E-state index contributed by atoms with van der Waals surface area (Å²) in [4.78, 5) is 0. The molecule has 0 aromatic heterocycles. The van der Waals surface area contributed by atoms with Crippen molar-refractivity contribution in [2.24, 2.45) is 0 Å². The minimum atomic E-state index is -0.668. The first kappa shape index (κ1) is 9.62. The molecule has 2 rings (SSSR count). The molecule has 1 aliphatic heterocycles. The molecule has 76 valence electrons. The summed E-state index contributed by atoms with van der Waals surface area (Å²) in [5, 5.41) is 9.30. The molecule has 0 radical (unpaired) electrons. The second-order valence-corrected chi connectivity index (χ2v) is 3.56. The summed E-state index contributed by atoms with van der Waals surface area (Å²) in [7, 11) is 0. The summed E-state index contributed by atoms with van der Waals surface area (Å²) in [6, 6.07) is 6.25. The van der Waals surface area contributed by atoms with Crippen molar-refractivity contribution >= 4 is 0 Å². The zero-order valence-electron chi connectivity index (χ0n) is 7.82. The summed E-state index contributed by atoms with van der Waals surface area (Å²) in [5.74, 6) is -0.245. The maximum atomic E-state index is 12.6. The summed E-state index contributed by atoms with van der Waals surface area (Å²) in [6.45, 7) is 0. The molecule has 1 saturated heterocycles. The molecule has 0 spiro atoms. The minimum Gasteiger partial charge on any atom is -0.368 e. The molecule has 14 heavy (non-hydrogen) atoms. The van der Waals surface area contributed by atoms with E-state index in [-0.39, 0.29) is 11.9 Å². The van der Waals surface area contributed by atoms with E-state index in [4.69, 9.17) is 4.74 Å². The Balaban J connectivity index is 2.10. The van der Waals surface area contributed by atoms with E-state index >= 15 is 0 Å². The lowest BCUT2D eigenvalue weighted by Gasteiger charge is -2.26. The highest BCUT2D eigenvalue weighted by Crippen LogP contribution is 2.30. The Kier molecular flexibility index (Phi) is 2.79. The first-order valence-corrected chi connectivity index (χ1v) is 4.85. The fraction of sp³-hybridized carbons (Fsp3) is 0.455. The van der Waals surface area contributed by atoms with Gasteiger partial charge in [-0.25, -0.2) is 4.39 Å². The average Bonchev–Trinajstić information content (AvgIpc) is 2.19. The Hall–Kier alpha value is -0.930. The first-order valence-electron chi connectivity index (χ1n) is 4.85. The van der Waals surface area contributed by atoms with Crippen LogP contribution in [0.25, 0.3) is 0 Å². The monoisotopic (exact) mass is 196 g/mol. The average molecular weight is 196 g/mol. The van der Waals surface area contributed by atoms with Gasteiger partial charge in [-0.2, -0.15) is 0 Å². The Bertz CT molecular complexity index is 297. The molecule has 0 saturated carbocycles. The fourth-order valence-corrected chi connectivity index (χ4v) is 1.73. The third-order valence-corrected chi connectivity index (χ3v) is 2.48. The number of hydrogen-bond acceptors (Lipinski definition) is 2. The highest BCUT2D eigenvalue weighted by atomic mass is 19.1. The van der Waals surface area contributed by atoms with Crippen LogP contribution in [0.1, 0.15) is 30.9 Å². The summed E-state index contributed by atoms with van der Waals surface area (Å²) in [6.07, 6.45) is 1.78. The van der Waals surface area contributed by atoms with Gasteiger partial charge in [0.25, 0.3) is 0 Å². The zero-order valence-corrected chi connectivity index (χ0v) is 7.82. The van der Waals surface area contributed by atoms with E-state index < -0.39 is 6.29 Å². The molecule has 2 nitrogen and oxygen atoms in total. The number of rotatable bonds is 1. The predicted octanol–water partition coefficient (Wildman–Crippen LogP) is 2.39. The molecule has 3 heteroatoms. The Labute approximate surface area is 82.3 Å². The van der Waals surface area contributed by atoms with Crippen LogP contribution < -0.4 is 0 Å². The van der Waals surface area contributed by atoms with Gasteiger partial charge in [-0.15, -0.1) is 0 Å². The van der Waals surface area contributed by atoms with Crippen LogP contribution in [0.15, 0.2) is 24.3 Å². The van der Waals surface area contributed by atoms with Crippen molar-refractivity contribution in [3.8, 4) is 0 Å². The topological polar surface area (TPSA) is 29.5 Å². The molecule has 1 aliphatic rings. The Morgan fingerprint density at radius 3 is 2.57 bits per heavy atom. The smallest absolute Gasteiger partial charge is 0.155 e. The van der Waals surface area contributed by atoms with E-state index in [0.717, 1.165) is 18.4 Å². The van der Waals surface area contributed by atoms with Crippen LogP contribution in [0.2, 0.25) is 0 Å². The number of hydrogen-bond donors (Lipinski definition) is 1. The minimum absolute atomic E-state index is 0.0839. The maximum absolute atomic E-state index is 12.6. The number of aliphatic hydroxyl groups excluding tert-OH is 1. The number of halogens is 1. The van der Waals surface area contributed by atoms with Crippen LogP contribution >= 0.6 is 0 Å². The second kappa shape index (κ2) is 4.07. The molecule has 2 atom stereocenters. The lowest BCUT2D eigenvalue weighted by atomic mass is 10.0. The lowest BCUT2D eigenvalue weighted by molar-refractivity contribution is -0.164. The highest BCUT2D eigenvalue weighted by Gasteiger charge is 2.21. The number of ether oxygens (including phenoxy) is 1. The van der Waals surface area contributed by atoms with E-state index in [0.29, 0.717) is 6.42 Å². The fourth-order valence-electron chi connectivity index (χ4n) is 1.73. The van der Waals surface area contributed by atoms with E-state index in [2.05, 4.69) is 0 Å². The second-order valence-electron chi connectivity index (χ2n) is 3.56. The van der Waals surface area contributed by atoms with E-state index in [1.165, 1.54) is 12.1 Å². The van der Waals surface area contributed by atoms with Crippen molar-refractivity contribution in [2.75, 3.05) is 0 Å². The molecular formula is C11H13FO2. The van der Waals surface area contributed by atoms with E-state index in [1.54, 1.807) is 12.1 Å². The quantitative estimate of drug-likeness (QED) is 0.747. The molecule has 2 unspecified atom stereocenters. The van der Waals surface area contributed by atoms with Crippen molar-refractivity contribution in [2.45, 2.75) is 31.7 Å². The highest BCUT2D eigenvalue weighted by molar-refractivity contribution is 5.18. The van der Waals surface area contributed by atoms with Gasteiger partial charge in [0.1, 0.15) is 5.82 Å². The molecule has 1 aromatic rings. The molecule has 1 heterocycles. The zero-order chi connectivity index (χ0) is 9.97. The van der Waals surface area contributed by atoms with Gasteiger partial charge in [0.15, 0.2) is 6.29 Å². The van der Waals surface area contributed by atoms with Gasteiger partial charge in [0, 0.05) is 0 Å². The van der Waals surface area contributed by atoms with Gasteiger partial charge in [-0.1, -0.05) is 12.1 Å². The van der Waals surface area contributed by atoms with Crippen LogP contribution in [-0.4, -0.2) is 11.4 Å². The van der Waals surface area contributed by atoms with Gasteiger partial charge >= 0.3 is 0 Å².